The molecule has 11 heteroatoms. The fourth-order valence-corrected chi connectivity index (χ4v) is 5.58. The number of imidazole rings is 2. The van der Waals surface area contributed by atoms with Gasteiger partial charge >= 0.3 is 0 Å². The van der Waals surface area contributed by atoms with Crippen LogP contribution in [0.5, 0.6) is 0 Å². The Morgan fingerprint density at radius 3 is 2.47 bits per heavy atom. The highest BCUT2D eigenvalue weighted by Crippen LogP contribution is 2.21. The lowest BCUT2D eigenvalue weighted by molar-refractivity contribution is 0.407. The van der Waals surface area contributed by atoms with Gasteiger partial charge in [0.15, 0.2) is 5.03 Å². The summed E-state index contributed by atoms with van der Waals surface area (Å²) in [5.74, 6) is 0. The zero-order valence-electron chi connectivity index (χ0n) is 18.9. The molecule has 0 saturated carbocycles. The lowest BCUT2D eigenvalue weighted by Gasteiger charge is -2.28. The normalized spacial score (nSPS) is 11.6. The van der Waals surface area contributed by atoms with E-state index in [4.69, 9.17) is 5.26 Å². The van der Waals surface area contributed by atoms with Crippen LogP contribution in [0.4, 0.5) is 5.69 Å². The van der Waals surface area contributed by atoms with Crippen molar-refractivity contribution in [3.8, 4) is 6.07 Å². The Morgan fingerprint density at radius 1 is 1.09 bits per heavy atom. The molecular formula is C23H25N7O2S2. The second kappa shape index (κ2) is 10.2. The molecule has 176 valence electrons. The zero-order chi connectivity index (χ0) is 24.1. The predicted octanol–water partition coefficient (Wildman–Crippen LogP) is 2.98. The standard InChI is InChI=1S/C23H25N7O2S2/c1-27-15-23(26-18-27)34(31,32)30(13-20-7-10-33-16-20)9-8-29(14-22-12-25-17-28(22)2)21-5-3-19(11-24)4-6-21/h3-7,10,12,15-18H,8-9,13-14H2,1-2H3. The first kappa shape index (κ1) is 23.7. The first-order valence-corrected chi connectivity index (χ1v) is 12.9. The van der Waals surface area contributed by atoms with E-state index in [1.165, 1.54) is 28.2 Å². The maximum atomic E-state index is 13.5. The van der Waals surface area contributed by atoms with Gasteiger partial charge in [-0.3, -0.25) is 0 Å². The number of thiophene rings is 1. The first-order valence-electron chi connectivity index (χ1n) is 10.6. The number of nitrogens with zero attached hydrogens (tertiary/aromatic N) is 7. The number of benzene rings is 1. The van der Waals surface area contributed by atoms with Crippen molar-refractivity contribution in [2.75, 3.05) is 18.0 Å². The lowest BCUT2D eigenvalue weighted by Crippen LogP contribution is -2.38. The average Bonchev–Trinajstić information content (AvgIpc) is 3.59. The van der Waals surface area contributed by atoms with Crippen LogP contribution in [0.25, 0.3) is 0 Å². The van der Waals surface area contributed by atoms with E-state index < -0.39 is 10.0 Å². The SMILES string of the molecule is Cn1cnc(S(=O)(=O)N(CCN(Cc2cncn2C)c2ccc(C#N)cc2)Cc2ccsc2)c1. The molecule has 0 amide bonds. The number of hydrogen-bond donors (Lipinski definition) is 0. The van der Waals surface area contributed by atoms with Gasteiger partial charge in [0.2, 0.25) is 0 Å². The van der Waals surface area contributed by atoms with Gasteiger partial charge in [-0.15, -0.1) is 0 Å². The molecular weight excluding hydrogens is 470 g/mol. The minimum absolute atomic E-state index is 0.0294. The van der Waals surface area contributed by atoms with Gasteiger partial charge in [0.1, 0.15) is 0 Å². The van der Waals surface area contributed by atoms with Crippen molar-refractivity contribution in [3.63, 3.8) is 0 Å². The molecule has 0 aliphatic heterocycles. The van der Waals surface area contributed by atoms with Crippen LogP contribution in [0.15, 0.2) is 71.2 Å². The van der Waals surface area contributed by atoms with Crippen LogP contribution >= 0.6 is 11.3 Å². The van der Waals surface area contributed by atoms with Crippen LogP contribution in [-0.4, -0.2) is 44.9 Å². The number of rotatable bonds is 10. The second-order valence-electron chi connectivity index (χ2n) is 7.92. The molecule has 0 aliphatic rings. The van der Waals surface area contributed by atoms with Crippen LogP contribution in [-0.2, 0) is 37.2 Å². The van der Waals surface area contributed by atoms with Gasteiger partial charge in [-0.05, 0) is 46.7 Å². The molecule has 0 bridgehead atoms. The van der Waals surface area contributed by atoms with Gasteiger partial charge in [0.05, 0.1) is 36.5 Å². The quantitative estimate of drug-likeness (QED) is 0.335. The molecule has 0 fully saturated rings. The van der Waals surface area contributed by atoms with Crippen molar-refractivity contribution in [3.05, 3.63) is 83.0 Å². The van der Waals surface area contributed by atoms with E-state index in [0.717, 1.165) is 16.9 Å². The molecule has 0 atom stereocenters. The number of sulfonamides is 1. The van der Waals surface area contributed by atoms with Crippen LogP contribution < -0.4 is 4.90 Å². The third-order valence-corrected chi connectivity index (χ3v) is 7.94. The molecule has 0 radical (unpaired) electrons. The summed E-state index contributed by atoms with van der Waals surface area (Å²) in [5, 5.41) is 13.1. The number of aromatic nitrogens is 4. The molecule has 0 aliphatic carbocycles. The minimum atomic E-state index is -3.80. The van der Waals surface area contributed by atoms with Crippen molar-refractivity contribution < 1.29 is 8.42 Å². The van der Waals surface area contributed by atoms with Crippen LogP contribution in [0, 0.1) is 11.3 Å². The first-order chi connectivity index (χ1) is 16.4. The summed E-state index contributed by atoms with van der Waals surface area (Å²) in [6, 6.07) is 11.4. The summed E-state index contributed by atoms with van der Waals surface area (Å²) in [7, 11) is -0.126. The topological polar surface area (TPSA) is 100 Å². The molecule has 3 aromatic heterocycles. The van der Waals surface area contributed by atoms with Crippen LogP contribution in [0.3, 0.4) is 0 Å². The Kier molecular flexibility index (Phi) is 7.12. The van der Waals surface area contributed by atoms with Gasteiger partial charge in [-0.25, -0.2) is 18.4 Å². The lowest BCUT2D eigenvalue weighted by atomic mass is 10.2. The van der Waals surface area contributed by atoms with Gasteiger partial charge in [0, 0.05) is 51.8 Å². The van der Waals surface area contributed by atoms with Crippen molar-refractivity contribution in [1.82, 2.24) is 23.4 Å². The van der Waals surface area contributed by atoms with Crippen molar-refractivity contribution in [2.45, 2.75) is 18.1 Å². The molecule has 0 saturated heterocycles. The highest BCUT2D eigenvalue weighted by molar-refractivity contribution is 7.89. The Hall–Kier alpha value is -3.46. The molecule has 9 nitrogen and oxygen atoms in total. The van der Waals surface area contributed by atoms with Crippen molar-refractivity contribution >= 4 is 27.0 Å². The van der Waals surface area contributed by atoms with Gasteiger partial charge < -0.3 is 14.0 Å². The van der Waals surface area contributed by atoms with Gasteiger partial charge in [0.25, 0.3) is 10.0 Å². The average molecular weight is 496 g/mol. The third-order valence-electron chi connectivity index (χ3n) is 5.47. The van der Waals surface area contributed by atoms with Gasteiger partial charge in [-0.2, -0.15) is 20.9 Å². The molecule has 0 N–H and O–H groups in total. The van der Waals surface area contributed by atoms with E-state index in [1.54, 1.807) is 36.3 Å². The van der Waals surface area contributed by atoms with Crippen LogP contribution in [0.2, 0.25) is 0 Å². The van der Waals surface area contributed by atoms with E-state index in [1.807, 2.05) is 40.6 Å². The summed E-state index contributed by atoms with van der Waals surface area (Å²) >= 11 is 1.53. The largest absolute Gasteiger partial charge is 0.364 e. The molecule has 4 rings (SSSR count). The van der Waals surface area contributed by atoms with E-state index in [9.17, 15) is 8.42 Å². The minimum Gasteiger partial charge on any atom is -0.364 e. The smallest absolute Gasteiger partial charge is 0.262 e. The van der Waals surface area contributed by atoms with E-state index >= 15 is 0 Å². The fraction of sp³-hybridized carbons (Fsp3) is 0.261. The predicted molar refractivity (Wildman–Crippen MR) is 131 cm³/mol. The summed E-state index contributed by atoms with van der Waals surface area (Å²) in [5.41, 5.74) is 3.38. The number of aryl methyl sites for hydroxylation is 2. The maximum absolute atomic E-state index is 13.5. The Balaban J connectivity index is 1.62. The molecule has 0 unspecified atom stereocenters. The van der Waals surface area contributed by atoms with E-state index in [2.05, 4.69) is 20.9 Å². The summed E-state index contributed by atoms with van der Waals surface area (Å²) in [4.78, 5) is 10.4. The number of hydrogen-bond acceptors (Lipinski definition) is 7. The van der Waals surface area contributed by atoms with Crippen LogP contribution in [0.1, 0.15) is 16.8 Å². The second-order valence-corrected chi connectivity index (χ2v) is 10.6. The molecule has 34 heavy (non-hydrogen) atoms. The number of nitriles is 1. The van der Waals surface area contributed by atoms with E-state index in [0.29, 0.717) is 18.7 Å². The third kappa shape index (κ3) is 5.36. The summed E-state index contributed by atoms with van der Waals surface area (Å²) in [6.45, 7) is 1.49. The van der Waals surface area contributed by atoms with Crippen molar-refractivity contribution in [1.29, 1.82) is 5.26 Å². The molecule has 3 heterocycles. The highest BCUT2D eigenvalue weighted by Gasteiger charge is 2.27. The van der Waals surface area contributed by atoms with Gasteiger partial charge in [-0.1, -0.05) is 0 Å². The van der Waals surface area contributed by atoms with Crippen molar-refractivity contribution in [2.24, 2.45) is 14.1 Å². The highest BCUT2D eigenvalue weighted by atomic mass is 32.2. The Bertz CT molecular complexity index is 1370. The zero-order valence-corrected chi connectivity index (χ0v) is 20.6. The number of anilines is 1. The Morgan fingerprint density at radius 2 is 1.88 bits per heavy atom. The molecule has 4 aromatic rings. The van der Waals surface area contributed by atoms with E-state index in [-0.39, 0.29) is 18.1 Å². The molecule has 1 aromatic carbocycles. The maximum Gasteiger partial charge on any atom is 0.262 e. The summed E-state index contributed by atoms with van der Waals surface area (Å²) < 4.78 is 32.0. The Labute approximate surface area is 203 Å². The fourth-order valence-electron chi connectivity index (χ4n) is 3.54. The summed E-state index contributed by atoms with van der Waals surface area (Å²) in [6.07, 6.45) is 6.54. The monoisotopic (exact) mass is 495 g/mol. The molecule has 0 spiro atoms.